The molecule has 2 rings (SSSR count). The minimum absolute atomic E-state index is 0.170. The number of aryl methyl sites for hydroxylation is 1. The minimum Gasteiger partial charge on any atom is -0.495 e. The summed E-state index contributed by atoms with van der Waals surface area (Å²) in [5.41, 5.74) is 0.855. The van der Waals surface area contributed by atoms with Gasteiger partial charge in [0.05, 0.1) is 12.1 Å². The molecule has 1 aromatic heterocycles. The summed E-state index contributed by atoms with van der Waals surface area (Å²) in [7, 11) is 4.67. The second kappa shape index (κ2) is 6.70. The molecular weight excluding hydrogens is 322 g/mol. The lowest BCUT2D eigenvalue weighted by atomic mass is 10.2. The molecule has 1 heterocycles. The van der Waals surface area contributed by atoms with Gasteiger partial charge in [0.15, 0.2) is 5.69 Å². The van der Waals surface area contributed by atoms with Gasteiger partial charge in [-0.3, -0.25) is 9.48 Å². The van der Waals surface area contributed by atoms with E-state index in [1.165, 1.54) is 29.8 Å². The second-order valence-electron chi connectivity index (χ2n) is 4.97. The number of hydrogen-bond acceptors (Lipinski definition) is 4. The lowest BCUT2D eigenvalue weighted by molar-refractivity contribution is 0.0689. The summed E-state index contributed by atoms with van der Waals surface area (Å²) in [6.45, 7) is 0.316. The van der Waals surface area contributed by atoms with E-state index in [1.807, 2.05) is 0 Å². The van der Waals surface area contributed by atoms with E-state index >= 15 is 0 Å². The van der Waals surface area contributed by atoms with Crippen LogP contribution >= 0.6 is 11.6 Å². The molecular formula is C15H16ClN3O4. The van der Waals surface area contributed by atoms with Crippen molar-refractivity contribution < 1.29 is 19.4 Å². The number of methoxy groups -OCH3 is 1. The zero-order valence-corrected chi connectivity index (χ0v) is 13.7. The smallest absolute Gasteiger partial charge is 0.356 e. The monoisotopic (exact) mass is 337 g/mol. The Morgan fingerprint density at radius 1 is 1.39 bits per heavy atom. The Bertz CT molecular complexity index is 757. The molecule has 23 heavy (non-hydrogen) atoms. The molecule has 2 aromatic rings. The first-order valence-corrected chi connectivity index (χ1v) is 7.06. The van der Waals surface area contributed by atoms with Crippen LogP contribution in [0.25, 0.3) is 0 Å². The topological polar surface area (TPSA) is 84.7 Å². The summed E-state index contributed by atoms with van der Waals surface area (Å²) < 4.78 is 6.34. The Hall–Kier alpha value is -2.54. The quantitative estimate of drug-likeness (QED) is 0.902. The van der Waals surface area contributed by atoms with Crippen LogP contribution < -0.4 is 4.74 Å². The summed E-state index contributed by atoms with van der Waals surface area (Å²) in [5.74, 6) is -0.953. The molecule has 0 aliphatic carbocycles. The molecule has 0 bridgehead atoms. The number of rotatable bonds is 5. The van der Waals surface area contributed by atoms with Crippen LogP contribution in [0.5, 0.6) is 5.75 Å². The molecule has 8 heteroatoms. The van der Waals surface area contributed by atoms with Gasteiger partial charge in [-0.1, -0.05) is 17.7 Å². The zero-order chi connectivity index (χ0) is 17.1. The molecule has 0 unspecified atom stereocenters. The van der Waals surface area contributed by atoms with Crippen molar-refractivity contribution in [1.29, 1.82) is 0 Å². The Labute approximate surface area is 138 Å². The van der Waals surface area contributed by atoms with Gasteiger partial charge in [0, 0.05) is 26.7 Å². The lowest BCUT2D eigenvalue weighted by Crippen LogP contribution is -2.28. The van der Waals surface area contributed by atoms with Crippen LogP contribution in [0, 0.1) is 0 Å². The van der Waals surface area contributed by atoms with Gasteiger partial charge >= 0.3 is 5.97 Å². The van der Waals surface area contributed by atoms with E-state index in [1.54, 1.807) is 25.2 Å². The van der Waals surface area contributed by atoms with Gasteiger partial charge in [0.25, 0.3) is 5.91 Å². The number of carbonyl (C=O) groups is 2. The van der Waals surface area contributed by atoms with Crippen molar-refractivity contribution in [3.05, 3.63) is 46.2 Å². The van der Waals surface area contributed by atoms with E-state index in [-0.39, 0.29) is 17.3 Å². The van der Waals surface area contributed by atoms with E-state index in [2.05, 4.69) is 5.10 Å². The van der Waals surface area contributed by atoms with Crippen LogP contribution in [-0.4, -0.2) is 45.8 Å². The van der Waals surface area contributed by atoms with Crippen LogP contribution in [0.3, 0.4) is 0 Å². The van der Waals surface area contributed by atoms with Crippen LogP contribution in [0.4, 0.5) is 0 Å². The van der Waals surface area contributed by atoms with Crippen molar-refractivity contribution in [3.63, 3.8) is 0 Å². The van der Waals surface area contributed by atoms with Crippen molar-refractivity contribution >= 4 is 23.5 Å². The van der Waals surface area contributed by atoms with E-state index in [4.69, 9.17) is 21.4 Å². The maximum Gasteiger partial charge on any atom is 0.356 e. The van der Waals surface area contributed by atoms with Crippen LogP contribution in [0.15, 0.2) is 24.3 Å². The van der Waals surface area contributed by atoms with Gasteiger partial charge < -0.3 is 14.7 Å². The number of benzene rings is 1. The highest BCUT2D eigenvalue weighted by molar-refractivity contribution is 6.32. The number of halogens is 1. The molecule has 1 aromatic carbocycles. The normalized spacial score (nSPS) is 10.4. The Kier molecular flexibility index (Phi) is 4.90. The Morgan fingerprint density at radius 3 is 2.61 bits per heavy atom. The maximum absolute atomic E-state index is 12.4. The summed E-state index contributed by atoms with van der Waals surface area (Å²) in [4.78, 5) is 24.8. The van der Waals surface area contributed by atoms with Crippen molar-refractivity contribution in [3.8, 4) is 5.75 Å². The summed E-state index contributed by atoms with van der Waals surface area (Å²) in [5, 5.41) is 13.2. The molecule has 0 aliphatic rings. The first-order chi connectivity index (χ1) is 10.8. The molecule has 1 N–H and O–H groups in total. The first-order valence-electron chi connectivity index (χ1n) is 6.68. The number of carboxylic acids is 1. The maximum atomic E-state index is 12.4. The third-order valence-electron chi connectivity index (χ3n) is 3.30. The Balaban J connectivity index is 2.17. The molecule has 0 fully saturated rings. The van der Waals surface area contributed by atoms with E-state index in [0.29, 0.717) is 17.3 Å². The average molecular weight is 338 g/mol. The molecule has 0 saturated heterocycles. The van der Waals surface area contributed by atoms with Crippen molar-refractivity contribution in [2.45, 2.75) is 6.54 Å². The first kappa shape index (κ1) is 16.8. The number of aromatic nitrogens is 2. The summed E-state index contributed by atoms with van der Waals surface area (Å²) >= 11 is 6.07. The fourth-order valence-corrected chi connectivity index (χ4v) is 2.40. The predicted molar refractivity (Wildman–Crippen MR) is 84.0 cm³/mol. The number of carbonyl (C=O) groups excluding carboxylic acids is 1. The molecule has 122 valence electrons. The van der Waals surface area contributed by atoms with Gasteiger partial charge in [-0.05, 0) is 17.7 Å². The second-order valence-corrected chi connectivity index (χ2v) is 5.38. The molecule has 0 aliphatic heterocycles. The largest absolute Gasteiger partial charge is 0.495 e. The number of aromatic carboxylic acids is 1. The van der Waals surface area contributed by atoms with E-state index < -0.39 is 5.97 Å². The fraction of sp³-hybridized carbons (Fsp3) is 0.267. The SMILES string of the molecule is COc1ccc(CN(C)C(=O)c2cc(C(=O)O)nn2C)cc1Cl. The molecule has 0 atom stereocenters. The average Bonchev–Trinajstić information content (AvgIpc) is 2.89. The van der Waals surface area contributed by atoms with E-state index in [9.17, 15) is 9.59 Å². The predicted octanol–water partition coefficient (Wildman–Crippen LogP) is 2.05. The standard InChI is InChI=1S/C15H16ClN3O4/c1-18(8-9-4-5-13(23-3)10(16)6-9)14(20)12-7-11(15(21)22)17-19(12)2/h4-7H,8H2,1-3H3,(H,21,22). The molecule has 0 spiro atoms. The Morgan fingerprint density at radius 2 is 2.09 bits per heavy atom. The van der Waals surface area contributed by atoms with Crippen molar-refractivity contribution in [1.82, 2.24) is 14.7 Å². The van der Waals surface area contributed by atoms with Crippen LogP contribution in [0.2, 0.25) is 5.02 Å². The number of nitrogens with zero attached hydrogens (tertiary/aromatic N) is 3. The number of ether oxygens (including phenoxy) is 1. The summed E-state index contributed by atoms with van der Waals surface area (Å²) in [6.07, 6.45) is 0. The van der Waals surface area contributed by atoms with Crippen molar-refractivity contribution in [2.75, 3.05) is 14.2 Å². The van der Waals surface area contributed by atoms with Gasteiger partial charge in [0.2, 0.25) is 0 Å². The van der Waals surface area contributed by atoms with E-state index in [0.717, 1.165) is 5.56 Å². The third kappa shape index (κ3) is 3.62. The molecule has 7 nitrogen and oxygen atoms in total. The van der Waals surface area contributed by atoms with Crippen LogP contribution in [-0.2, 0) is 13.6 Å². The third-order valence-corrected chi connectivity index (χ3v) is 3.60. The molecule has 1 amide bonds. The molecule has 0 saturated carbocycles. The van der Waals surface area contributed by atoms with Gasteiger partial charge in [-0.25, -0.2) is 4.79 Å². The number of carboxylic acid groups (broad SMARTS) is 1. The number of amides is 1. The molecule has 0 radical (unpaired) electrons. The van der Waals surface area contributed by atoms with Gasteiger partial charge in [-0.15, -0.1) is 0 Å². The van der Waals surface area contributed by atoms with Crippen molar-refractivity contribution in [2.24, 2.45) is 7.05 Å². The zero-order valence-electron chi connectivity index (χ0n) is 12.9. The summed E-state index contributed by atoms with van der Waals surface area (Å²) in [6, 6.07) is 6.50. The van der Waals surface area contributed by atoms with Gasteiger partial charge in [-0.2, -0.15) is 5.10 Å². The fourth-order valence-electron chi connectivity index (χ4n) is 2.12. The lowest BCUT2D eigenvalue weighted by Gasteiger charge is -2.17. The minimum atomic E-state index is -1.18. The van der Waals surface area contributed by atoms with Gasteiger partial charge in [0.1, 0.15) is 11.4 Å². The van der Waals surface area contributed by atoms with Crippen LogP contribution in [0.1, 0.15) is 26.5 Å². The highest BCUT2D eigenvalue weighted by Crippen LogP contribution is 2.25. The highest BCUT2D eigenvalue weighted by Gasteiger charge is 2.20. The number of hydrogen-bond donors (Lipinski definition) is 1. The highest BCUT2D eigenvalue weighted by atomic mass is 35.5.